The molecule has 1 nitrogen and oxygen atoms in total. The minimum atomic E-state index is 0.0283. The summed E-state index contributed by atoms with van der Waals surface area (Å²) in [5.41, 5.74) is 5.56. The lowest BCUT2D eigenvalue weighted by Gasteiger charge is -2.10. The van der Waals surface area contributed by atoms with Gasteiger partial charge >= 0.3 is 0 Å². The Morgan fingerprint density at radius 3 is 1.83 bits per heavy atom. The Kier molecular flexibility index (Phi) is 2.44. The molecule has 6 heavy (non-hydrogen) atoms. The summed E-state index contributed by atoms with van der Waals surface area (Å²) in [5, 5.41) is 1.02. The van der Waals surface area contributed by atoms with Crippen molar-refractivity contribution in [3.63, 3.8) is 0 Å². The normalized spacial score (nSPS) is 11.3. The maximum Gasteiger partial charge on any atom is 0.221 e. The van der Waals surface area contributed by atoms with Crippen LogP contribution in [0.25, 0.3) is 0 Å². The molecule has 0 aromatic heterocycles. The van der Waals surface area contributed by atoms with Crippen LogP contribution in [0, 0.1) is 0 Å². The zero-order chi connectivity index (χ0) is 5.21. The molecule has 0 aromatic rings. The van der Waals surface area contributed by atoms with E-state index in [1.807, 2.05) is 13.8 Å². The molecule has 36 valence electrons. The van der Waals surface area contributed by atoms with Crippen LogP contribution in [0.3, 0.4) is 0 Å². The van der Waals surface area contributed by atoms with Crippen molar-refractivity contribution in [3.05, 3.63) is 0 Å². The molecule has 2 N–H and O–H groups in total. The van der Waals surface area contributed by atoms with Crippen molar-refractivity contribution in [2.45, 2.75) is 19.3 Å². The lowest BCUT2D eigenvalue weighted by Crippen LogP contribution is -2.35. The van der Waals surface area contributed by atoms with Gasteiger partial charge in [-0.3, -0.25) is 0 Å². The second-order valence-electron chi connectivity index (χ2n) is 2.12. The highest BCUT2D eigenvalue weighted by Gasteiger charge is 2.07. The van der Waals surface area contributed by atoms with Gasteiger partial charge in [-0.15, -0.1) is 0 Å². The van der Waals surface area contributed by atoms with Crippen molar-refractivity contribution < 1.29 is 0 Å². The van der Waals surface area contributed by atoms with Crippen molar-refractivity contribution in [1.82, 2.24) is 0 Å². The van der Waals surface area contributed by atoms with Crippen molar-refractivity contribution >= 4 is 27.5 Å². The van der Waals surface area contributed by atoms with Gasteiger partial charge in [-0.2, -0.15) is 22.4 Å². The molecule has 0 atom stereocenters. The number of hydrogen-bond donors (Lipinski definition) is 1. The molecule has 0 saturated carbocycles. The minimum absolute atomic E-state index is 0.0283. The molecule has 0 rings (SSSR count). The van der Waals surface area contributed by atoms with Crippen LogP contribution in [0.1, 0.15) is 13.8 Å². The molecule has 0 aromatic carbocycles. The van der Waals surface area contributed by atoms with E-state index in [4.69, 9.17) is 5.73 Å². The fourth-order valence-corrected chi connectivity index (χ4v) is 0. The van der Waals surface area contributed by atoms with E-state index in [-0.39, 0.29) is 5.44 Å². The molecule has 0 spiro atoms. The summed E-state index contributed by atoms with van der Waals surface area (Å²) >= 11 is 2.27. The Balaban J connectivity index is 3.17. The average molecular weight is 197 g/mol. The average Bonchev–Trinajstić information content (AvgIpc) is 1.35. The summed E-state index contributed by atoms with van der Waals surface area (Å²) in [4.78, 5) is 0. The van der Waals surface area contributed by atoms with Gasteiger partial charge in [0.1, 0.15) is 0 Å². The fourth-order valence-electron chi connectivity index (χ4n) is 0. The first kappa shape index (κ1) is 6.75. The van der Waals surface area contributed by atoms with E-state index in [2.05, 4.69) is 22.4 Å². The quantitative estimate of drug-likeness (QED) is 0.479. The Morgan fingerprint density at radius 2 is 1.83 bits per heavy atom. The molecule has 0 heterocycles. The summed E-state index contributed by atoms with van der Waals surface area (Å²) in [5.74, 6) is 0. The van der Waals surface area contributed by atoms with Gasteiger partial charge in [-0.1, -0.05) is 13.8 Å². The highest BCUT2D eigenvalue weighted by molar-refractivity contribution is 14.1. The van der Waals surface area contributed by atoms with E-state index in [0.717, 1.165) is 5.14 Å². The van der Waals surface area contributed by atoms with Crippen LogP contribution in [0.2, 0.25) is 0 Å². The van der Waals surface area contributed by atoms with E-state index < -0.39 is 0 Å². The minimum Gasteiger partial charge on any atom is -0.332 e. The summed E-state index contributed by atoms with van der Waals surface area (Å²) in [6, 6.07) is 0. The van der Waals surface area contributed by atoms with E-state index in [9.17, 15) is 0 Å². The number of halogens is 1. The first-order valence-electron chi connectivity index (χ1n) is 1.91. The standard InChI is InChI=1S/C3H9BIN/c1-3(2,6)4-5/h4H,6H2,1-2H3. The predicted molar refractivity (Wildman–Crippen MR) is 39.4 cm³/mol. The van der Waals surface area contributed by atoms with Gasteiger partial charge in [-0.25, -0.2) is 0 Å². The molecule has 0 amide bonds. The van der Waals surface area contributed by atoms with Crippen molar-refractivity contribution in [2.75, 3.05) is 0 Å². The third-order valence-corrected chi connectivity index (χ3v) is 2.31. The van der Waals surface area contributed by atoms with Gasteiger partial charge < -0.3 is 5.73 Å². The van der Waals surface area contributed by atoms with Gasteiger partial charge in [0, 0.05) is 0 Å². The summed E-state index contributed by atoms with van der Waals surface area (Å²) < 4.78 is 0. The predicted octanol–water partition coefficient (Wildman–Crippen LogP) is 0.468. The van der Waals surface area contributed by atoms with Crippen LogP contribution in [-0.4, -0.2) is 10.6 Å². The summed E-state index contributed by atoms with van der Waals surface area (Å²) in [7, 11) is 0. The maximum atomic E-state index is 5.53. The van der Waals surface area contributed by atoms with Crippen LogP contribution < -0.4 is 5.73 Å². The van der Waals surface area contributed by atoms with Gasteiger partial charge in [-0.05, 0) is 5.44 Å². The largest absolute Gasteiger partial charge is 0.332 e. The third-order valence-electron chi connectivity index (χ3n) is 0.344. The molecule has 0 saturated heterocycles. The Morgan fingerprint density at radius 1 is 1.67 bits per heavy atom. The highest BCUT2D eigenvalue weighted by atomic mass is 127. The smallest absolute Gasteiger partial charge is 0.221 e. The molecule has 0 aliphatic rings. The number of hydrogen-bond acceptors (Lipinski definition) is 1. The third kappa shape index (κ3) is 4.75. The zero-order valence-corrected chi connectivity index (χ0v) is 6.32. The monoisotopic (exact) mass is 197 g/mol. The SMILES string of the molecule is CC(C)(N)BI. The molecule has 3 heteroatoms. The topological polar surface area (TPSA) is 26.0 Å². The summed E-state index contributed by atoms with van der Waals surface area (Å²) in [6.07, 6.45) is 0. The maximum absolute atomic E-state index is 5.53. The van der Waals surface area contributed by atoms with E-state index in [1.165, 1.54) is 0 Å². The zero-order valence-electron chi connectivity index (χ0n) is 4.16. The Hall–Kier alpha value is 0.755. The van der Waals surface area contributed by atoms with Gasteiger partial charge in [0.2, 0.25) is 5.14 Å². The lowest BCUT2D eigenvalue weighted by atomic mass is 9.83. The van der Waals surface area contributed by atoms with Crippen LogP contribution in [-0.2, 0) is 0 Å². The fraction of sp³-hybridized carbons (Fsp3) is 1.00. The number of rotatable bonds is 1. The van der Waals surface area contributed by atoms with Gasteiger partial charge in [0.05, 0.1) is 0 Å². The van der Waals surface area contributed by atoms with Crippen LogP contribution >= 0.6 is 22.4 Å². The van der Waals surface area contributed by atoms with Crippen LogP contribution in [0.15, 0.2) is 0 Å². The molecule has 0 aliphatic heterocycles. The molecule has 0 fully saturated rings. The second kappa shape index (κ2) is 2.16. The molecule has 0 unspecified atom stereocenters. The molecule has 0 radical (unpaired) electrons. The molecular weight excluding hydrogens is 188 g/mol. The van der Waals surface area contributed by atoms with Crippen molar-refractivity contribution in [3.8, 4) is 0 Å². The first-order chi connectivity index (χ1) is 2.56. The molecule has 0 bridgehead atoms. The highest BCUT2D eigenvalue weighted by Crippen LogP contribution is 1.96. The molecular formula is C3H9BIN. The Labute approximate surface area is 52.8 Å². The van der Waals surface area contributed by atoms with Gasteiger partial charge in [0.15, 0.2) is 0 Å². The van der Waals surface area contributed by atoms with Crippen molar-refractivity contribution in [2.24, 2.45) is 5.73 Å². The van der Waals surface area contributed by atoms with E-state index in [1.54, 1.807) is 0 Å². The van der Waals surface area contributed by atoms with Crippen molar-refractivity contribution in [1.29, 1.82) is 0 Å². The van der Waals surface area contributed by atoms with Crippen LogP contribution in [0.4, 0.5) is 0 Å². The van der Waals surface area contributed by atoms with Crippen LogP contribution in [0.5, 0.6) is 0 Å². The van der Waals surface area contributed by atoms with E-state index in [0.29, 0.717) is 0 Å². The lowest BCUT2D eigenvalue weighted by molar-refractivity contribution is 0.740. The van der Waals surface area contributed by atoms with Gasteiger partial charge in [0.25, 0.3) is 0 Å². The summed E-state index contributed by atoms with van der Waals surface area (Å²) in [6.45, 7) is 4.03. The molecule has 0 aliphatic carbocycles. The number of nitrogens with two attached hydrogens (primary N) is 1. The Bertz CT molecular complexity index is 40.5. The van der Waals surface area contributed by atoms with E-state index >= 15 is 0 Å². The second-order valence-corrected chi connectivity index (χ2v) is 2.89. The first-order valence-corrected chi connectivity index (χ1v) is 3.44.